The van der Waals surface area contributed by atoms with Gasteiger partial charge in [-0.2, -0.15) is 4.98 Å². The van der Waals surface area contributed by atoms with Crippen molar-refractivity contribution in [3.63, 3.8) is 0 Å². The molecule has 0 unspecified atom stereocenters. The second kappa shape index (κ2) is 4.45. The van der Waals surface area contributed by atoms with Crippen molar-refractivity contribution >= 4 is 11.5 Å². The fourth-order valence-corrected chi connectivity index (χ4v) is 1.69. The van der Waals surface area contributed by atoms with Gasteiger partial charge in [-0.3, -0.25) is 0 Å². The van der Waals surface area contributed by atoms with E-state index in [4.69, 9.17) is 4.52 Å². The molecule has 7 heteroatoms. The lowest BCUT2D eigenvalue weighted by atomic mass is 10.4. The lowest BCUT2D eigenvalue weighted by Gasteiger charge is -1.90. The van der Waals surface area contributed by atoms with Crippen LogP contribution in [0.1, 0.15) is 11.5 Å². The van der Waals surface area contributed by atoms with E-state index in [0.717, 1.165) is 23.5 Å². The summed E-state index contributed by atoms with van der Waals surface area (Å²) in [5.41, 5.74) is 0.823. The van der Waals surface area contributed by atoms with Gasteiger partial charge in [-0.15, -0.1) is 5.10 Å². The predicted molar refractivity (Wildman–Crippen MR) is 55.6 cm³/mol. The number of aryl methyl sites for hydroxylation is 1. The minimum absolute atomic E-state index is 0.508. The molecule has 2 heterocycles. The van der Waals surface area contributed by atoms with Gasteiger partial charge in [0.05, 0.1) is 5.69 Å². The second-order valence-electron chi connectivity index (χ2n) is 3.06. The summed E-state index contributed by atoms with van der Waals surface area (Å²) >= 11 is 1.27. The molecule has 2 rings (SSSR count). The van der Waals surface area contributed by atoms with Crippen LogP contribution in [0.3, 0.4) is 0 Å². The highest BCUT2D eigenvalue weighted by molar-refractivity contribution is 7.09. The van der Waals surface area contributed by atoms with Crippen LogP contribution in [-0.4, -0.2) is 33.3 Å². The maximum atomic E-state index is 5.13. The molecule has 0 aromatic carbocycles. The molecule has 0 saturated heterocycles. The van der Waals surface area contributed by atoms with Crippen molar-refractivity contribution in [3.05, 3.63) is 11.5 Å². The van der Waals surface area contributed by atoms with Crippen molar-refractivity contribution < 1.29 is 4.52 Å². The largest absolute Gasteiger partial charge is 0.333 e. The minimum atomic E-state index is 0.508. The van der Waals surface area contributed by atoms with Crippen LogP contribution in [0.4, 0.5) is 0 Å². The molecule has 0 atom stereocenters. The Bertz CT molecular complexity index is 438. The molecule has 1 N–H and O–H groups in total. The predicted octanol–water partition coefficient (Wildman–Crippen LogP) is 0.658. The molecular weight excluding hydrogens is 214 g/mol. The van der Waals surface area contributed by atoms with Gasteiger partial charge < -0.3 is 9.84 Å². The van der Waals surface area contributed by atoms with E-state index in [2.05, 4.69) is 25.0 Å². The molecular formula is C8H11N5OS. The molecule has 0 aliphatic carbocycles. The number of hydrogen-bond acceptors (Lipinski definition) is 7. The number of aromatic nitrogens is 4. The molecule has 0 aliphatic rings. The quantitative estimate of drug-likeness (QED) is 0.823. The van der Waals surface area contributed by atoms with E-state index in [0.29, 0.717) is 11.7 Å². The zero-order chi connectivity index (χ0) is 10.7. The summed E-state index contributed by atoms with van der Waals surface area (Å²) in [4.78, 5) is 5.11. The molecule has 0 saturated carbocycles. The van der Waals surface area contributed by atoms with Crippen LogP contribution >= 0.6 is 11.5 Å². The van der Waals surface area contributed by atoms with Crippen molar-refractivity contribution in [2.24, 2.45) is 0 Å². The fraction of sp³-hybridized carbons (Fsp3) is 0.500. The van der Waals surface area contributed by atoms with E-state index in [1.165, 1.54) is 11.5 Å². The smallest absolute Gasteiger partial charge is 0.271 e. The first-order valence-electron chi connectivity index (χ1n) is 4.57. The first-order valence-corrected chi connectivity index (χ1v) is 5.35. The lowest BCUT2D eigenvalue weighted by Crippen LogP contribution is -2.10. The molecule has 0 aliphatic heterocycles. The fourth-order valence-electron chi connectivity index (χ4n) is 1.11. The molecule has 2 aromatic rings. The molecule has 80 valence electrons. The first kappa shape index (κ1) is 10.2. The maximum absolute atomic E-state index is 5.13. The van der Waals surface area contributed by atoms with Gasteiger partial charge >= 0.3 is 0 Å². The zero-order valence-corrected chi connectivity index (χ0v) is 9.34. The monoisotopic (exact) mass is 225 g/mol. The topological polar surface area (TPSA) is 76.7 Å². The van der Waals surface area contributed by atoms with E-state index in [1.54, 1.807) is 0 Å². The molecule has 2 aromatic heterocycles. The summed E-state index contributed by atoms with van der Waals surface area (Å²) in [6.45, 7) is 2.70. The van der Waals surface area contributed by atoms with Crippen molar-refractivity contribution in [3.8, 4) is 10.8 Å². The summed E-state index contributed by atoms with van der Waals surface area (Å²) in [5.74, 6) is 1.21. The van der Waals surface area contributed by atoms with Crippen molar-refractivity contribution in [1.29, 1.82) is 0 Å². The minimum Gasteiger partial charge on any atom is -0.333 e. The third kappa shape index (κ3) is 2.18. The first-order chi connectivity index (χ1) is 7.31. The second-order valence-corrected chi connectivity index (χ2v) is 3.81. The van der Waals surface area contributed by atoms with Gasteiger partial charge in [0.1, 0.15) is 4.88 Å². The van der Waals surface area contributed by atoms with Gasteiger partial charge in [-0.25, -0.2) is 0 Å². The Labute approximate surface area is 90.9 Å². The van der Waals surface area contributed by atoms with Gasteiger partial charge in [-0.1, -0.05) is 9.64 Å². The summed E-state index contributed by atoms with van der Waals surface area (Å²) in [6.07, 6.45) is 0.755. The van der Waals surface area contributed by atoms with Gasteiger partial charge in [0.25, 0.3) is 5.89 Å². The van der Waals surface area contributed by atoms with E-state index in [9.17, 15) is 0 Å². The maximum Gasteiger partial charge on any atom is 0.271 e. The van der Waals surface area contributed by atoms with Crippen LogP contribution in [0, 0.1) is 6.92 Å². The average molecular weight is 225 g/mol. The van der Waals surface area contributed by atoms with Crippen LogP contribution in [0.15, 0.2) is 4.52 Å². The molecule has 0 bridgehead atoms. The Morgan fingerprint density at radius 1 is 1.47 bits per heavy atom. The van der Waals surface area contributed by atoms with Crippen molar-refractivity contribution in [2.75, 3.05) is 13.6 Å². The number of nitrogens with one attached hydrogen (secondary N) is 1. The molecule has 0 radical (unpaired) electrons. The summed E-state index contributed by atoms with van der Waals surface area (Å²) < 4.78 is 8.95. The third-order valence-corrected chi connectivity index (χ3v) is 2.73. The van der Waals surface area contributed by atoms with E-state index in [-0.39, 0.29) is 0 Å². The van der Waals surface area contributed by atoms with Crippen LogP contribution < -0.4 is 5.32 Å². The Morgan fingerprint density at radius 3 is 3.00 bits per heavy atom. The summed E-state index contributed by atoms with van der Waals surface area (Å²) in [5, 5.41) is 10.8. The number of rotatable bonds is 4. The molecule has 6 nitrogen and oxygen atoms in total. The van der Waals surface area contributed by atoms with Crippen LogP contribution in [0.5, 0.6) is 0 Å². The van der Waals surface area contributed by atoms with Crippen LogP contribution in [0.25, 0.3) is 10.8 Å². The Kier molecular flexibility index (Phi) is 3.02. The highest BCUT2D eigenvalue weighted by Gasteiger charge is 2.13. The Hall–Kier alpha value is -1.34. The molecule has 0 amide bonds. The van der Waals surface area contributed by atoms with E-state index < -0.39 is 0 Å². The van der Waals surface area contributed by atoms with Crippen molar-refractivity contribution in [1.82, 2.24) is 25.0 Å². The highest BCUT2D eigenvalue weighted by Crippen LogP contribution is 2.23. The van der Waals surface area contributed by atoms with Crippen LogP contribution in [0.2, 0.25) is 0 Å². The van der Waals surface area contributed by atoms with Crippen LogP contribution in [-0.2, 0) is 6.42 Å². The van der Waals surface area contributed by atoms with E-state index in [1.807, 2.05) is 14.0 Å². The molecule has 0 fully saturated rings. The Balaban J connectivity index is 2.17. The zero-order valence-electron chi connectivity index (χ0n) is 8.52. The summed E-state index contributed by atoms with van der Waals surface area (Å²) in [6, 6.07) is 0. The molecule has 15 heavy (non-hydrogen) atoms. The average Bonchev–Trinajstić information content (AvgIpc) is 2.83. The summed E-state index contributed by atoms with van der Waals surface area (Å²) in [7, 11) is 1.89. The number of nitrogens with zero attached hydrogens (tertiary/aromatic N) is 4. The van der Waals surface area contributed by atoms with Gasteiger partial charge in [-0.05, 0) is 25.5 Å². The van der Waals surface area contributed by atoms with Gasteiger partial charge in [0, 0.05) is 13.0 Å². The normalized spacial score (nSPS) is 10.8. The lowest BCUT2D eigenvalue weighted by molar-refractivity contribution is 0.422. The SMILES string of the molecule is CNCCc1noc(-c2snnc2C)n1. The highest BCUT2D eigenvalue weighted by atomic mass is 32.1. The third-order valence-electron chi connectivity index (χ3n) is 1.91. The van der Waals surface area contributed by atoms with Gasteiger partial charge in [0.2, 0.25) is 0 Å². The number of likely N-dealkylation sites (N-methyl/N-ethyl adjacent to an activating group) is 1. The van der Waals surface area contributed by atoms with E-state index >= 15 is 0 Å². The number of hydrogen-bond donors (Lipinski definition) is 1. The molecule has 0 spiro atoms. The van der Waals surface area contributed by atoms with Crippen molar-refractivity contribution in [2.45, 2.75) is 13.3 Å². The Morgan fingerprint density at radius 2 is 2.33 bits per heavy atom. The standard InChI is InChI=1S/C8H11N5OS/c1-5-7(15-13-11-5)8-10-6(12-14-8)3-4-9-2/h9H,3-4H2,1-2H3. The van der Waals surface area contributed by atoms with Gasteiger partial charge in [0.15, 0.2) is 5.82 Å².